The Morgan fingerprint density at radius 1 is 1.42 bits per heavy atom. The number of hydrogen-bond donors (Lipinski definition) is 1. The third-order valence-electron chi connectivity index (χ3n) is 2.50. The number of carbonyl (C=O) groups is 1. The highest BCUT2D eigenvalue weighted by molar-refractivity contribution is 5.92. The molecule has 0 heterocycles. The van der Waals surface area contributed by atoms with Crippen molar-refractivity contribution in [1.29, 1.82) is 0 Å². The van der Waals surface area contributed by atoms with Crippen molar-refractivity contribution in [3.05, 3.63) is 41.5 Å². The molecule has 1 aromatic rings. The minimum atomic E-state index is -2.88. The monoisotopic (exact) mass is 269 g/mol. The Labute approximate surface area is 111 Å². The molecule has 0 spiro atoms. The van der Waals surface area contributed by atoms with Crippen molar-refractivity contribution in [2.45, 2.75) is 33.4 Å². The van der Waals surface area contributed by atoms with E-state index in [1.165, 1.54) is 6.07 Å². The smallest absolute Gasteiger partial charge is 0.387 e. The topological polar surface area (TPSA) is 38.3 Å². The maximum absolute atomic E-state index is 12.2. The van der Waals surface area contributed by atoms with Gasteiger partial charge in [0, 0.05) is 17.7 Å². The van der Waals surface area contributed by atoms with Crippen LogP contribution < -0.4 is 10.1 Å². The van der Waals surface area contributed by atoms with E-state index in [9.17, 15) is 13.6 Å². The molecule has 0 aliphatic rings. The van der Waals surface area contributed by atoms with Gasteiger partial charge < -0.3 is 10.1 Å². The fraction of sp³-hybridized carbons (Fsp3) is 0.357. The van der Waals surface area contributed by atoms with Crippen molar-refractivity contribution in [2.75, 3.05) is 0 Å². The van der Waals surface area contributed by atoms with Crippen LogP contribution in [0, 0.1) is 0 Å². The molecule has 0 atom stereocenters. The van der Waals surface area contributed by atoms with E-state index in [1.807, 2.05) is 6.92 Å². The lowest BCUT2D eigenvalue weighted by atomic mass is 10.2. The van der Waals surface area contributed by atoms with Gasteiger partial charge in [-0.15, -0.1) is 0 Å². The zero-order chi connectivity index (χ0) is 14.3. The lowest BCUT2D eigenvalue weighted by Crippen LogP contribution is -2.24. The minimum absolute atomic E-state index is 0.0786. The molecule has 3 nitrogen and oxygen atoms in total. The molecular formula is C14H17F2NO2. The summed E-state index contributed by atoms with van der Waals surface area (Å²) in [6.07, 6.45) is 2.57. The second kappa shape index (κ2) is 7.51. The molecule has 5 heteroatoms. The molecule has 0 saturated carbocycles. The largest absolute Gasteiger partial charge is 0.434 e. The van der Waals surface area contributed by atoms with Gasteiger partial charge in [0.05, 0.1) is 0 Å². The fourth-order valence-electron chi connectivity index (χ4n) is 1.57. The molecule has 0 fully saturated rings. The molecule has 0 aromatic heterocycles. The normalized spacial score (nSPS) is 11.5. The quantitative estimate of drug-likeness (QED) is 0.805. The number of ether oxygens (including phenoxy) is 1. The molecule has 0 unspecified atom stereocenters. The van der Waals surface area contributed by atoms with Gasteiger partial charge in [-0.05, 0) is 19.4 Å². The van der Waals surface area contributed by atoms with Gasteiger partial charge >= 0.3 is 6.61 Å². The number of hydrogen-bond acceptors (Lipinski definition) is 2. The van der Waals surface area contributed by atoms with Crippen LogP contribution in [0.2, 0.25) is 0 Å². The summed E-state index contributed by atoms with van der Waals surface area (Å²) >= 11 is 0. The minimum Gasteiger partial charge on any atom is -0.434 e. The van der Waals surface area contributed by atoms with Gasteiger partial charge in [-0.2, -0.15) is 8.78 Å². The highest BCUT2D eigenvalue weighted by Gasteiger charge is 2.10. The summed E-state index contributed by atoms with van der Waals surface area (Å²) in [5.41, 5.74) is 1.12. The van der Waals surface area contributed by atoms with E-state index in [4.69, 9.17) is 0 Å². The van der Waals surface area contributed by atoms with Gasteiger partial charge in [0.15, 0.2) is 0 Å². The van der Waals surface area contributed by atoms with Gasteiger partial charge in [-0.3, -0.25) is 4.79 Å². The standard InChI is InChI=1S/C14H17F2NO2/c1-3-6-10(2)13(18)17-9-11-7-4-5-8-12(11)19-14(15)16/h4-8,14H,3,9H2,1-2H3,(H,17,18)/b10-6-. The van der Waals surface area contributed by atoms with E-state index >= 15 is 0 Å². The van der Waals surface area contributed by atoms with Crippen LogP contribution in [-0.2, 0) is 11.3 Å². The molecule has 0 aliphatic carbocycles. The Bertz CT molecular complexity index is 459. The first kappa shape index (κ1) is 15.1. The van der Waals surface area contributed by atoms with Gasteiger partial charge in [-0.1, -0.05) is 31.2 Å². The second-order valence-corrected chi connectivity index (χ2v) is 3.96. The first-order valence-electron chi connectivity index (χ1n) is 6.02. The van der Waals surface area contributed by atoms with Gasteiger partial charge in [-0.25, -0.2) is 0 Å². The molecule has 1 amide bonds. The molecule has 0 radical (unpaired) electrons. The predicted octanol–water partition coefficient (Wildman–Crippen LogP) is 3.26. The van der Waals surface area contributed by atoms with Crippen molar-refractivity contribution in [3.63, 3.8) is 0 Å². The SMILES string of the molecule is CC/C=C(/C)C(=O)NCc1ccccc1OC(F)F. The van der Waals surface area contributed by atoms with E-state index < -0.39 is 6.61 Å². The third-order valence-corrected chi connectivity index (χ3v) is 2.50. The predicted molar refractivity (Wildman–Crippen MR) is 69.0 cm³/mol. The summed E-state index contributed by atoms with van der Waals surface area (Å²) in [6, 6.07) is 6.39. The van der Waals surface area contributed by atoms with Crippen LogP contribution in [0.4, 0.5) is 8.78 Å². The number of para-hydroxylation sites is 1. The molecule has 104 valence electrons. The Kier molecular flexibility index (Phi) is 5.99. The van der Waals surface area contributed by atoms with Crippen LogP contribution >= 0.6 is 0 Å². The Morgan fingerprint density at radius 2 is 2.11 bits per heavy atom. The highest BCUT2D eigenvalue weighted by Crippen LogP contribution is 2.20. The van der Waals surface area contributed by atoms with E-state index in [1.54, 1.807) is 31.2 Å². The lowest BCUT2D eigenvalue weighted by molar-refractivity contribution is -0.117. The average Bonchev–Trinajstić information content (AvgIpc) is 2.37. The van der Waals surface area contributed by atoms with E-state index in [0.29, 0.717) is 11.1 Å². The van der Waals surface area contributed by atoms with Gasteiger partial charge in [0.25, 0.3) is 0 Å². The summed E-state index contributed by atoms with van der Waals surface area (Å²) in [4.78, 5) is 11.7. The first-order valence-corrected chi connectivity index (χ1v) is 6.02. The maximum Gasteiger partial charge on any atom is 0.387 e. The summed E-state index contributed by atoms with van der Waals surface area (Å²) in [5.74, 6) is -0.136. The number of nitrogens with one attached hydrogen (secondary N) is 1. The number of allylic oxidation sites excluding steroid dienone is 1. The maximum atomic E-state index is 12.2. The van der Waals surface area contributed by atoms with Crippen molar-refractivity contribution >= 4 is 5.91 Å². The molecular weight excluding hydrogens is 252 g/mol. The van der Waals surface area contributed by atoms with Gasteiger partial charge in [0.2, 0.25) is 5.91 Å². The second-order valence-electron chi connectivity index (χ2n) is 3.96. The van der Waals surface area contributed by atoms with Crippen molar-refractivity contribution in [3.8, 4) is 5.75 Å². The highest BCUT2D eigenvalue weighted by atomic mass is 19.3. The first-order chi connectivity index (χ1) is 9.04. The summed E-state index contributed by atoms with van der Waals surface area (Å²) < 4.78 is 28.8. The van der Waals surface area contributed by atoms with Crippen LogP contribution in [0.15, 0.2) is 35.9 Å². The summed E-state index contributed by atoms with van der Waals surface area (Å²) in [6.45, 7) is 0.915. The molecule has 1 N–H and O–H groups in total. The summed E-state index contributed by atoms with van der Waals surface area (Å²) in [7, 11) is 0. The number of benzene rings is 1. The Morgan fingerprint density at radius 3 is 2.74 bits per heavy atom. The molecule has 19 heavy (non-hydrogen) atoms. The number of rotatable bonds is 6. The fourth-order valence-corrected chi connectivity index (χ4v) is 1.57. The van der Waals surface area contributed by atoms with Crippen molar-refractivity contribution in [2.24, 2.45) is 0 Å². The molecule has 1 rings (SSSR count). The Hall–Kier alpha value is -1.91. The number of carbonyl (C=O) groups excluding carboxylic acids is 1. The summed E-state index contributed by atoms with van der Waals surface area (Å²) in [5, 5.41) is 2.67. The van der Waals surface area contributed by atoms with E-state index in [2.05, 4.69) is 10.1 Å². The van der Waals surface area contributed by atoms with E-state index in [-0.39, 0.29) is 18.2 Å². The van der Waals surface area contributed by atoms with Crippen LogP contribution in [0.1, 0.15) is 25.8 Å². The Balaban J connectivity index is 2.67. The molecule has 0 aliphatic heterocycles. The van der Waals surface area contributed by atoms with Crippen LogP contribution in [0.3, 0.4) is 0 Å². The molecule has 0 saturated heterocycles. The zero-order valence-corrected chi connectivity index (χ0v) is 11.0. The van der Waals surface area contributed by atoms with Gasteiger partial charge in [0.1, 0.15) is 5.75 Å². The number of alkyl halides is 2. The van der Waals surface area contributed by atoms with Crippen LogP contribution in [0.25, 0.3) is 0 Å². The van der Waals surface area contributed by atoms with Crippen LogP contribution in [0.5, 0.6) is 5.75 Å². The molecule has 0 bridgehead atoms. The van der Waals surface area contributed by atoms with E-state index in [0.717, 1.165) is 6.42 Å². The average molecular weight is 269 g/mol. The lowest BCUT2D eigenvalue weighted by Gasteiger charge is -2.11. The van der Waals surface area contributed by atoms with Crippen LogP contribution in [-0.4, -0.2) is 12.5 Å². The number of amides is 1. The third kappa shape index (κ3) is 5.07. The zero-order valence-electron chi connectivity index (χ0n) is 11.0. The van der Waals surface area contributed by atoms with Crippen molar-refractivity contribution in [1.82, 2.24) is 5.32 Å². The molecule has 1 aromatic carbocycles. The number of halogens is 2. The van der Waals surface area contributed by atoms with Crippen molar-refractivity contribution < 1.29 is 18.3 Å².